The van der Waals surface area contributed by atoms with E-state index in [4.69, 9.17) is 4.74 Å². The van der Waals surface area contributed by atoms with Crippen LogP contribution in [0.3, 0.4) is 0 Å². The van der Waals surface area contributed by atoms with Gasteiger partial charge in [-0.2, -0.15) is 0 Å². The van der Waals surface area contributed by atoms with E-state index in [1.54, 1.807) is 49.6 Å². The third-order valence-electron chi connectivity index (χ3n) is 6.60. The van der Waals surface area contributed by atoms with E-state index in [-0.39, 0.29) is 11.6 Å². The van der Waals surface area contributed by atoms with Crippen molar-refractivity contribution in [1.82, 2.24) is 10.3 Å². The lowest BCUT2D eigenvalue weighted by Crippen LogP contribution is -2.30. The SMILES string of the molecule is COc1ccccc1-c1csc(NC(=O)C(C)Sc2ccc(NC(=O)/C(=C/c3cccc(Br)c3)NC(=O)c3ccccc3)cc2)n1. The Morgan fingerprint density at radius 2 is 1.65 bits per heavy atom. The number of para-hydroxylation sites is 1. The molecule has 11 heteroatoms. The zero-order valence-electron chi connectivity index (χ0n) is 24.8. The van der Waals surface area contributed by atoms with Gasteiger partial charge < -0.3 is 20.7 Å². The first-order chi connectivity index (χ1) is 22.3. The van der Waals surface area contributed by atoms with Crippen molar-refractivity contribution in [2.75, 3.05) is 17.7 Å². The summed E-state index contributed by atoms with van der Waals surface area (Å²) >= 11 is 6.17. The Kier molecular flexibility index (Phi) is 11.0. The molecule has 0 spiro atoms. The lowest BCUT2D eigenvalue weighted by molar-refractivity contribution is -0.115. The van der Waals surface area contributed by atoms with Crippen LogP contribution in [0.2, 0.25) is 0 Å². The second-order valence-electron chi connectivity index (χ2n) is 9.90. The molecular weight excluding hydrogens is 684 g/mol. The summed E-state index contributed by atoms with van der Waals surface area (Å²) < 4.78 is 6.27. The van der Waals surface area contributed by atoms with Gasteiger partial charge in [0.25, 0.3) is 11.8 Å². The molecule has 8 nitrogen and oxygen atoms in total. The fraction of sp³-hybridized carbons (Fsp3) is 0.0857. The first kappa shape index (κ1) is 32.7. The van der Waals surface area contributed by atoms with Crippen molar-refractivity contribution in [3.05, 3.63) is 130 Å². The predicted octanol–water partition coefficient (Wildman–Crippen LogP) is 8.11. The fourth-order valence-corrected chi connectivity index (χ4v) is 6.29. The Morgan fingerprint density at radius 1 is 0.913 bits per heavy atom. The average molecular weight is 714 g/mol. The molecule has 0 aliphatic heterocycles. The number of halogens is 1. The summed E-state index contributed by atoms with van der Waals surface area (Å²) in [6.45, 7) is 1.82. The number of benzene rings is 4. The quantitative estimate of drug-likeness (QED) is 0.0943. The molecule has 0 radical (unpaired) electrons. The Labute approximate surface area is 283 Å². The van der Waals surface area contributed by atoms with E-state index in [9.17, 15) is 14.4 Å². The summed E-state index contributed by atoms with van der Waals surface area (Å²) in [6, 6.07) is 30.8. The number of thiazole rings is 1. The number of nitrogens with one attached hydrogen (secondary N) is 3. The Hall–Kier alpha value is -4.71. The number of methoxy groups -OCH3 is 1. The molecule has 232 valence electrons. The molecule has 5 aromatic rings. The molecule has 0 fully saturated rings. The topological polar surface area (TPSA) is 109 Å². The maximum Gasteiger partial charge on any atom is 0.272 e. The Bertz CT molecular complexity index is 1880. The molecule has 1 atom stereocenters. The number of nitrogens with zero attached hydrogens (tertiary/aromatic N) is 1. The molecule has 0 aliphatic carbocycles. The second kappa shape index (κ2) is 15.5. The number of anilines is 2. The van der Waals surface area contributed by atoms with Gasteiger partial charge in [-0.05, 0) is 79.2 Å². The average Bonchev–Trinajstić information content (AvgIpc) is 3.53. The molecule has 0 saturated carbocycles. The lowest BCUT2D eigenvalue weighted by Gasteiger charge is -2.13. The van der Waals surface area contributed by atoms with Crippen LogP contribution in [0.1, 0.15) is 22.8 Å². The number of amides is 3. The van der Waals surface area contributed by atoms with E-state index in [1.807, 2.05) is 79.0 Å². The molecule has 3 amide bonds. The number of hydrogen-bond donors (Lipinski definition) is 3. The molecule has 0 saturated heterocycles. The van der Waals surface area contributed by atoms with Crippen LogP contribution in [0.15, 0.2) is 124 Å². The third-order valence-corrected chi connectivity index (χ3v) is 8.96. The summed E-state index contributed by atoms with van der Waals surface area (Å²) in [4.78, 5) is 44.6. The molecule has 0 aliphatic rings. The number of carbonyl (C=O) groups is 3. The zero-order valence-corrected chi connectivity index (χ0v) is 28.0. The van der Waals surface area contributed by atoms with E-state index in [2.05, 4.69) is 36.9 Å². The minimum Gasteiger partial charge on any atom is -0.496 e. The van der Waals surface area contributed by atoms with Crippen molar-refractivity contribution in [3.8, 4) is 17.0 Å². The summed E-state index contributed by atoms with van der Waals surface area (Å²) in [7, 11) is 1.61. The molecule has 1 unspecified atom stereocenters. The van der Waals surface area contributed by atoms with Crippen LogP contribution >= 0.6 is 39.0 Å². The highest BCUT2D eigenvalue weighted by Crippen LogP contribution is 2.32. The summed E-state index contributed by atoms with van der Waals surface area (Å²) in [5.74, 6) is -0.347. The first-order valence-corrected chi connectivity index (χ1v) is 16.7. The number of thioether (sulfide) groups is 1. The van der Waals surface area contributed by atoms with Gasteiger partial charge in [-0.1, -0.05) is 58.4 Å². The van der Waals surface area contributed by atoms with E-state index in [1.165, 1.54) is 23.1 Å². The highest BCUT2D eigenvalue weighted by molar-refractivity contribution is 9.10. The predicted molar refractivity (Wildman–Crippen MR) is 189 cm³/mol. The smallest absolute Gasteiger partial charge is 0.272 e. The van der Waals surface area contributed by atoms with Crippen molar-refractivity contribution >= 4 is 73.6 Å². The number of ether oxygens (including phenoxy) is 1. The largest absolute Gasteiger partial charge is 0.496 e. The van der Waals surface area contributed by atoms with Crippen LogP contribution in [0.25, 0.3) is 17.3 Å². The number of rotatable bonds is 11. The van der Waals surface area contributed by atoms with Gasteiger partial charge in [0, 0.05) is 31.6 Å². The van der Waals surface area contributed by atoms with Crippen LogP contribution in [-0.4, -0.2) is 35.1 Å². The van der Waals surface area contributed by atoms with Gasteiger partial charge >= 0.3 is 0 Å². The van der Waals surface area contributed by atoms with Crippen LogP contribution in [0.4, 0.5) is 10.8 Å². The second-order valence-corrected chi connectivity index (χ2v) is 13.1. The maximum absolute atomic E-state index is 13.3. The fourth-order valence-electron chi connectivity index (χ4n) is 4.30. The summed E-state index contributed by atoms with van der Waals surface area (Å²) in [5, 5.41) is 10.5. The van der Waals surface area contributed by atoms with E-state index in [0.29, 0.717) is 22.1 Å². The first-order valence-electron chi connectivity index (χ1n) is 14.1. The zero-order chi connectivity index (χ0) is 32.5. The van der Waals surface area contributed by atoms with Crippen molar-refractivity contribution in [2.24, 2.45) is 0 Å². The van der Waals surface area contributed by atoms with Crippen molar-refractivity contribution in [1.29, 1.82) is 0 Å². The maximum atomic E-state index is 13.3. The number of hydrogen-bond acceptors (Lipinski definition) is 7. The standard InChI is InChI=1S/C35H29BrN4O4S2/c1-22(32(41)40-35-39-30(21-45-35)28-13-6-7-14-31(28)44-2)46-27-17-15-26(16-18-27)37-34(43)29(20-23-9-8-12-25(36)19-23)38-33(42)24-10-4-3-5-11-24/h3-22H,1-2H3,(H,37,43)(H,38,42)(H,39,40,41)/b29-20-. The van der Waals surface area contributed by atoms with Gasteiger partial charge in [0.05, 0.1) is 18.1 Å². The van der Waals surface area contributed by atoms with Gasteiger partial charge in [0.1, 0.15) is 11.4 Å². The Balaban J connectivity index is 1.21. The van der Waals surface area contributed by atoms with E-state index in [0.717, 1.165) is 26.2 Å². The van der Waals surface area contributed by atoms with Gasteiger partial charge in [-0.15, -0.1) is 23.1 Å². The third kappa shape index (κ3) is 8.72. The van der Waals surface area contributed by atoms with Crippen LogP contribution < -0.4 is 20.7 Å². The molecular formula is C35H29BrN4O4S2. The van der Waals surface area contributed by atoms with E-state index < -0.39 is 17.1 Å². The molecule has 5 rings (SSSR count). The van der Waals surface area contributed by atoms with E-state index >= 15 is 0 Å². The van der Waals surface area contributed by atoms with Gasteiger partial charge in [0.15, 0.2) is 5.13 Å². The minimum absolute atomic E-state index is 0.0896. The molecule has 3 N–H and O–H groups in total. The normalized spacial score (nSPS) is 11.8. The van der Waals surface area contributed by atoms with Gasteiger partial charge in [0.2, 0.25) is 5.91 Å². The monoisotopic (exact) mass is 712 g/mol. The lowest BCUT2D eigenvalue weighted by atomic mass is 10.1. The molecule has 46 heavy (non-hydrogen) atoms. The van der Waals surface area contributed by atoms with Crippen LogP contribution in [0.5, 0.6) is 5.75 Å². The van der Waals surface area contributed by atoms with Gasteiger partial charge in [-0.25, -0.2) is 4.98 Å². The highest BCUT2D eigenvalue weighted by atomic mass is 79.9. The molecule has 0 bridgehead atoms. The van der Waals surface area contributed by atoms with Crippen molar-refractivity contribution in [3.63, 3.8) is 0 Å². The van der Waals surface area contributed by atoms with Crippen LogP contribution in [-0.2, 0) is 9.59 Å². The Morgan fingerprint density at radius 3 is 2.39 bits per heavy atom. The summed E-state index contributed by atoms with van der Waals surface area (Å²) in [5.41, 5.74) is 3.37. The highest BCUT2D eigenvalue weighted by Gasteiger charge is 2.18. The number of carbonyl (C=O) groups excluding carboxylic acids is 3. The summed E-state index contributed by atoms with van der Waals surface area (Å²) in [6.07, 6.45) is 1.62. The van der Waals surface area contributed by atoms with Crippen molar-refractivity contribution in [2.45, 2.75) is 17.1 Å². The van der Waals surface area contributed by atoms with Gasteiger partial charge in [-0.3, -0.25) is 14.4 Å². The van der Waals surface area contributed by atoms with Crippen molar-refractivity contribution < 1.29 is 19.1 Å². The van der Waals surface area contributed by atoms with Crippen LogP contribution in [0, 0.1) is 0 Å². The molecule has 1 heterocycles. The molecule has 4 aromatic carbocycles. The minimum atomic E-state index is -0.478. The number of aromatic nitrogens is 1. The molecule has 1 aromatic heterocycles.